The molecule has 0 aromatic carbocycles. The number of hydrogen-bond donors (Lipinski definition) is 2. The first-order valence-corrected chi connectivity index (χ1v) is 6.23. The number of nitrogens with one attached hydrogen (secondary N) is 1. The Kier molecular flexibility index (Phi) is 5.55. The fourth-order valence-corrected chi connectivity index (χ4v) is 1.96. The van der Waals surface area contributed by atoms with Crippen LogP contribution in [0.1, 0.15) is 41.6 Å². The lowest BCUT2D eigenvalue weighted by atomic mass is 10.2. The molecule has 0 radical (unpaired) electrons. The molecule has 17 heavy (non-hydrogen) atoms. The van der Waals surface area contributed by atoms with Gasteiger partial charge in [-0.2, -0.15) is 0 Å². The Balaban J connectivity index is 2.28. The fourth-order valence-electron chi connectivity index (χ4n) is 1.30. The molecule has 1 heterocycles. The number of amides is 1. The van der Waals surface area contributed by atoms with Crippen LogP contribution in [-0.2, 0) is 11.2 Å². The predicted octanol–water partition coefficient (Wildman–Crippen LogP) is 1.09. The highest BCUT2D eigenvalue weighted by Crippen LogP contribution is 2.10. The zero-order valence-corrected chi connectivity index (χ0v) is 10.4. The van der Waals surface area contributed by atoms with Crippen molar-refractivity contribution in [3.63, 3.8) is 0 Å². The molecule has 0 aliphatic carbocycles. The molecule has 0 unspecified atom stereocenters. The smallest absolute Gasteiger partial charge is 0.303 e. The molecule has 94 valence electrons. The van der Waals surface area contributed by atoms with Crippen LogP contribution in [0, 0.1) is 0 Å². The van der Waals surface area contributed by atoms with Gasteiger partial charge in [0.15, 0.2) is 0 Å². The first-order valence-electron chi connectivity index (χ1n) is 5.46. The molecule has 6 nitrogen and oxygen atoms in total. The zero-order chi connectivity index (χ0) is 12.7. The van der Waals surface area contributed by atoms with Gasteiger partial charge in [0.05, 0.1) is 5.69 Å². The fraction of sp³-hybridized carbons (Fsp3) is 0.600. The Morgan fingerprint density at radius 1 is 1.41 bits per heavy atom. The van der Waals surface area contributed by atoms with Crippen molar-refractivity contribution in [2.24, 2.45) is 0 Å². The van der Waals surface area contributed by atoms with E-state index in [1.165, 1.54) is 0 Å². The third kappa shape index (κ3) is 4.48. The van der Waals surface area contributed by atoms with Gasteiger partial charge < -0.3 is 10.4 Å². The number of aliphatic carboxylic acids is 1. The molecule has 1 aromatic rings. The van der Waals surface area contributed by atoms with Gasteiger partial charge in [-0.15, -0.1) is 5.10 Å². The third-order valence-corrected chi connectivity index (χ3v) is 2.97. The van der Waals surface area contributed by atoms with Crippen molar-refractivity contribution >= 4 is 23.4 Å². The van der Waals surface area contributed by atoms with E-state index in [1.54, 1.807) is 0 Å². The Morgan fingerprint density at radius 3 is 2.82 bits per heavy atom. The van der Waals surface area contributed by atoms with Crippen molar-refractivity contribution in [3.8, 4) is 0 Å². The summed E-state index contributed by atoms with van der Waals surface area (Å²) in [6.45, 7) is 2.40. The second-order valence-electron chi connectivity index (χ2n) is 3.51. The molecule has 0 aliphatic rings. The average Bonchev–Trinajstić information content (AvgIpc) is 2.75. The van der Waals surface area contributed by atoms with E-state index in [4.69, 9.17) is 5.11 Å². The summed E-state index contributed by atoms with van der Waals surface area (Å²) >= 11 is 1.08. The molecule has 0 atom stereocenters. The molecular weight excluding hydrogens is 242 g/mol. The number of unbranched alkanes of at least 4 members (excludes halogenated alkanes) is 1. The van der Waals surface area contributed by atoms with Crippen LogP contribution in [0.25, 0.3) is 0 Å². The number of carboxylic acid groups (broad SMARTS) is 1. The number of carbonyl (C=O) groups is 2. The predicted molar refractivity (Wildman–Crippen MR) is 63.1 cm³/mol. The number of aromatic nitrogens is 2. The maximum atomic E-state index is 11.7. The Hall–Kier alpha value is -1.50. The second-order valence-corrected chi connectivity index (χ2v) is 4.26. The molecule has 0 saturated carbocycles. The summed E-state index contributed by atoms with van der Waals surface area (Å²) in [6.07, 6.45) is 2.04. The summed E-state index contributed by atoms with van der Waals surface area (Å²) in [7, 11) is 0. The van der Waals surface area contributed by atoms with Crippen LogP contribution in [0.4, 0.5) is 0 Å². The van der Waals surface area contributed by atoms with Crippen LogP contribution in [0.2, 0.25) is 0 Å². The molecule has 0 bridgehead atoms. The quantitative estimate of drug-likeness (QED) is 0.713. The summed E-state index contributed by atoms with van der Waals surface area (Å²) in [5, 5.41) is 15.0. The first kappa shape index (κ1) is 13.6. The van der Waals surface area contributed by atoms with Gasteiger partial charge in [-0.3, -0.25) is 9.59 Å². The summed E-state index contributed by atoms with van der Waals surface area (Å²) < 4.78 is 3.73. The van der Waals surface area contributed by atoms with Gasteiger partial charge in [-0.25, -0.2) is 0 Å². The standard InChI is InChI=1S/C10H15N3O3S/c1-2-7-9(17-13-12-7)10(16)11-6-4-3-5-8(14)15/h2-6H2,1H3,(H,11,16)(H,14,15). The largest absolute Gasteiger partial charge is 0.481 e. The molecule has 1 aromatic heterocycles. The molecule has 0 spiro atoms. The second kappa shape index (κ2) is 6.95. The van der Waals surface area contributed by atoms with Crippen LogP contribution in [0.15, 0.2) is 0 Å². The van der Waals surface area contributed by atoms with Gasteiger partial charge in [0.25, 0.3) is 5.91 Å². The van der Waals surface area contributed by atoms with Crippen LogP contribution < -0.4 is 5.32 Å². The average molecular weight is 257 g/mol. The van der Waals surface area contributed by atoms with Gasteiger partial charge in [0.2, 0.25) is 0 Å². The highest BCUT2D eigenvalue weighted by molar-refractivity contribution is 7.08. The van der Waals surface area contributed by atoms with Crippen molar-refractivity contribution in [3.05, 3.63) is 10.6 Å². The highest BCUT2D eigenvalue weighted by atomic mass is 32.1. The van der Waals surface area contributed by atoms with E-state index in [1.807, 2.05) is 6.92 Å². The topological polar surface area (TPSA) is 92.2 Å². The summed E-state index contributed by atoms with van der Waals surface area (Å²) in [5.41, 5.74) is 0.707. The Morgan fingerprint density at radius 2 is 2.18 bits per heavy atom. The maximum Gasteiger partial charge on any atom is 0.303 e. The van der Waals surface area contributed by atoms with Gasteiger partial charge in [-0.1, -0.05) is 11.4 Å². The Labute approximate surface area is 103 Å². The number of hydrogen-bond acceptors (Lipinski definition) is 5. The summed E-state index contributed by atoms with van der Waals surface area (Å²) in [4.78, 5) is 22.5. The van der Waals surface area contributed by atoms with Crippen LogP contribution in [-0.4, -0.2) is 33.1 Å². The molecule has 7 heteroatoms. The third-order valence-electron chi connectivity index (χ3n) is 2.20. The summed E-state index contributed by atoms with van der Waals surface area (Å²) in [5.74, 6) is -0.983. The highest BCUT2D eigenvalue weighted by Gasteiger charge is 2.13. The minimum absolute atomic E-state index is 0.137. The molecule has 2 N–H and O–H groups in total. The van der Waals surface area contributed by atoms with Gasteiger partial charge in [0, 0.05) is 13.0 Å². The normalized spacial score (nSPS) is 10.2. The number of nitrogens with zero attached hydrogens (tertiary/aromatic N) is 2. The van der Waals surface area contributed by atoms with Gasteiger partial charge >= 0.3 is 5.97 Å². The number of aryl methyl sites for hydroxylation is 1. The van der Waals surface area contributed by atoms with E-state index < -0.39 is 5.97 Å². The number of carboxylic acids is 1. The minimum Gasteiger partial charge on any atom is -0.481 e. The van der Waals surface area contributed by atoms with Crippen molar-refractivity contribution in [2.45, 2.75) is 32.6 Å². The van der Waals surface area contributed by atoms with Gasteiger partial charge in [-0.05, 0) is 30.8 Å². The lowest BCUT2D eigenvalue weighted by Gasteiger charge is -2.02. The van der Waals surface area contributed by atoms with E-state index in [2.05, 4.69) is 14.9 Å². The Bertz CT molecular complexity index is 392. The summed E-state index contributed by atoms with van der Waals surface area (Å²) in [6, 6.07) is 0. The first-order chi connectivity index (χ1) is 8.15. The van der Waals surface area contributed by atoms with E-state index in [9.17, 15) is 9.59 Å². The molecule has 1 amide bonds. The van der Waals surface area contributed by atoms with E-state index in [0.29, 0.717) is 36.4 Å². The number of rotatable bonds is 7. The molecular formula is C10H15N3O3S. The van der Waals surface area contributed by atoms with Crippen LogP contribution in [0.3, 0.4) is 0 Å². The van der Waals surface area contributed by atoms with Crippen molar-refractivity contribution in [2.75, 3.05) is 6.54 Å². The molecule has 0 fully saturated rings. The minimum atomic E-state index is -0.809. The molecule has 1 rings (SSSR count). The zero-order valence-electron chi connectivity index (χ0n) is 9.60. The molecule has 0 saturated heterocycles. The van der Waals surface area contributed by atoms with Crippen molar-refractivity contribution in [1.82, 2.24) is 14.9 Å². The lowest BCUT2D eigenvalue weighted by Crippen LogP contribution is -2.24. The van der Waals surface area contributed by atoms with Gasteiger partial charge in [0.1, 0.15) is 4.88 Å². The van der Waals surface area contributed by atoms with Crippen LogP contribution >= 0.6 is 11.5 Å². The van der Waals surface area contributed by atoms with E-state index in [-0.39, 0.29) is 12.3 Å². The maximum absolute atomic E-state index is 11.7. The molecule has 0 aliphatic heterocycles. The van der Waals surface area contributed by atoms with Crippen LogP contribution in [0.5, 0.6) is 0 Å². The van der Waals surface area contributed by atoms with Crippen molar-refractivity contribution < 1.29 is 14.7 Å². The van der Waals surface area contributed by atoms with Crippen molar-refractivity contribution in [1.29, 1.82) is 0 Å². The SMILES string of the molecule is CCc1nnsc1C(=O)NCCCCC(=O)O. The lowest BCUT2D eigenvalue weighted by molar-refractivity contribution is -0.137. The number of carbonyl (C=O) groups excluding carboxylic acids is 1. The van der Waals surface area contributed by atoms with E-state index in [0.717, 1.165) is 11.5 Å². The monoisotopic (exact) mass is 257 g/mol. The van der Waals surface area contributed by atoms with E-state index >= 15 is 0 Å².